The summed E-state index contributed by atoms with van der Waals surface area (Å²) in [7, 11) is 0. The quantitative estimate of drug-likeness (QED) is 0.153. The summed E-state index contributed by atoms with van der Waals surface area (Å²) in [6.07, 6.45) is 0. The van der Waals surface area contributed by atoms with E-state index in [1.807, 2.05) is 6.07 Å². The van der Waals surface area contributed by atoms with Crippen molar-refractivity contribution in [2.45, 2.75) is 0 Å². The maximum Gasteiger partial charge on any atom is 0.293 e. The molecule has 0 rings (SSSR count). The number of nitrogens with two attached hydrogens (primary N) is 2. The zero-order chi connectivity index (χ0) is 12.6. The molecule has 0 aromatic rings. The zero-order valence-electron chi connectivity index (χ0n) is 8.87. The Morgan fingerprint density at radius 3 is 1.88 bits per heavy atom. The number of carbonyl (C=O) groups is 2. The van der Waals surface area contributed by atoms with E-state index in [-0.39, 0.29) is 19.8 Å². The van der Waals surface area contributed by atoms with Crippen LogP contribution in [0.15, 0.2) is 0 Å². The second-order valence-electron chi connectivity index (χ2n) is 2.37. The van der Waals surface area contributed by atoms with Gasteiger partial charge in [-0.2, -0.15) is 5.26 Å². The number of nitriles is 1. The molecular formula is C8H16N4O4. The fourth-order valence-corrected chi connectivity index (χ4v) is 0.830. The van der Waals surface area contributed by atoms with Crippen LogP contribution in [0.25, 0.3) is 0 Å². The summed E-state index contributed by atoms with van der Waals surface area (Å²) < 4.78 is 8.95. The largest absolute Gasteiger partial charge is 0.467 e. The lowest BCUT2D eigenvalue weighted by Gasteiger charge is -2.17. The summed E-state index contributed by atoms with van der Waals surface area (Å²) in [4.78, 5) is 21.4. The third kappa shape index (κ3) is 12.3. The molecule has 0 aromatic carbocycles. The van der Waals surface area contributed by atoms with Crippen molar-refractivity contribution < 1.29 is 19.1 Å². The Balaban J connectivity index is 0. The molecule has 0 atom stereocenters. The summed E-state index contributed by atoms with van der Waals surface area (Å²) in [6.45, 7) is 2.28. The number of rotatable bonds is 9. The Morgan fingerprint density at radius 1 is 1.12 bits per heavy atom. The molecule has 0 saturated carbocycles. The van der Waals surface area contributed by atoms with Gasteiger partial charge in [-0.15, -0.1) is 0 Å². The lowest BCUT2D eigenvalue weighted by molar-refractivity contribution is -0.129. The Labute approximate surface area is 93.7 Å². The van der Waals surface area contributed by atoms with Crippen LogP contribution in [-0.2, 0) is 19.1 Å². The SMILES string of the molecule is N#CCN(CCOC=O)CCOC=O.NN. The van der Waals surface area contributed by atoms with Crippen LogP contribution in [0.5, 0.6) is 0 Å². The molecule has 0 bridgehead atoms. The zero-order valence-corrected chi connectivity index (χ0v) is 8.87. The van der Waals surface area contributed by atoms with E-state index < -0.39 is 0 Å². The topological polar surface area (TPSA) is 132 Å². The molecule has 8 heteroatoms. The molecule has 0 aliphatic heterocycles. The van der Waals surface area contributed by atoms with Crippen LogP contribution >= 0.6 is 0 Å². The van der Waals surface area contributed by atoms with Crippen molar-refractivity contribution in [3.63, 3.8) is 0 Å². The monoisotopic (exact) mass is 232 g/mol. The smallest absolute Gasteiger partial charge is 0.293 e. The maximum absolute atomic E-state index is 9.83. The van der Waals surface area contributed by atoms with Gasteiger partial charge in [0.15, 0.2) is 0 Å². The average molecular weight is 232 g/mol. The van der Waals surface area contributed by atoms with Gasteiger partial charge in [0, 0.05) is 13.1 Å². The number of carbonyl (C=O) groups excluding carboxylic acids is 2. The molecule has 0 fully saturated rings. The Kier molecular flexibility index (Phi) is 16.5. The molecule has 0 radical (unpaired) electrons. The number of ether oxygens (including phenoxy) is 2. The van der Waals surface area contributed by atoms with E-state index in [4.69, 9.17) is 5.26 Å². The van der Waals surface area contributed by atoms with Crippen LogP contribution in [0.2, 0.25) is 0 Å². The number of nitrogens with zero attached hydrogens (tertiary/aromatic N) is 2. The predicted octanol–water partition coefficient (Wildman–Crippen LogP) is -2.02. The van der Waals surface area contributed by atoms with E-state index >= 15 is 0 Å². The van der Waals surface area contributed by atoms with Gasteiger partial charge in [0.1, 0.15) is 13.2 Å². The Hall–Kier alpha value is -1.69. The molecule has 16 heavy (non-hydrogen) atoms. The van der Waals surface area contributed by atoms with Crippen LogP contribution in [0.4, 0.5) is 0 Å². The fraction of sp³-hybridized carbons (Fsp3) is 0.625. The minimum atomic E-state index is 0.213. The molecule has 0 aliphatic carbocycles. The Bertz CT molecular complexity index is 193. The van der Waals surface area contributed by atoms with Crippen molar-refractivity contribution >= 4 is 12.9 Å². The van der Waals surface area contributed by atoms with Crippen LogP contribution in [0, 0.1) is 11.3 Å². The van der Waals surface area contributed by atoms with Gasteiger partial charge in [-0.3, -0.25) is 26.2 Å². The molecule has 0 amide bonds. The highest BCUT2D eigenvalue weighted by Crippen LogP contribution is 1.87. The van der Waals surface area contributed by atoms with Gasteiger partial charge in [0.25, 0.3) is 12.9 Å². The Morgan fingerprint density at radius 2 is 1.56 bits per heavy atom. The highest BCUT2D eigenvalue weighted by atomic mass is 16.5. The highest BCUT2D eigenvalue weighted by Gasteiger charge is 2.03. The van der Waals surface area contributed by atoms with Crippen molar-refractivity contribution in [2.75, 3.05) is 32.8 Å². The van der Waals surface area contributed by atoms with Crippen molar-refractivity contribution in [2.24, 2.45) is 11.7 Å². The second-order valence-corrected chi connectivity index (χ2v) is 2.37. The van der Waals surface area contributed by atoms with E-state index in [1.165, 1.54) is 0 Å². The first kappa shape index (κ1) is 16.7. The van der Waals surface area contributed by atoms with Gasteiger partial charge < -0.3 is 9.47 Å². The first-order chi connectivity index (χ1) is 7.85. The standard InChI is InChI=1S/C8H12N2O4.H4N2/c9-1-2-10(3-5-13-7-11)4-6-14-8-12;1-2/h7-8H,2-6H2;1-2H2. The minimum absolute atomic E-state index is 0.213. The van der Waals surface area contributed by atoms with Crippen LogP contribution in [0.1, 0.15) is 0 Å². The molecule has 0 aromatic heterocycles. The van der Waals surface area contributed by atoms with Crippen LogP contribution < -0.4 is 11.7 Å². The molecule has 0 saturated heterocycles. The van der Waals surface area contributed by atoms with Crippen molar-refractivity contribution in [3.8, 4) is 6.07 Å². The van der Waals surface area contributed by atoms with Gasteiger partial charge >= 0.3 is 0 Å². The summed E-state index contributed by atoms with van der Waals surface area (Å²) in [5.74, 6) is 8.00. The molecule has 92 valence electrons. The predicted molar refractivity (Wildman–Crippen MR) is 54.5 cm³/mol. The van der Waals surface area contributed by atoms with Crippen molar-refractivity contribution in [1.82, 2.24) is 4.90 Å². The third-order valence-electron chi connectivity index (χ3n) is 1.48. The molecule has 0 aliphatic rings. The molecule has 0 spiro atoms. The number of hydrogen-bond acceptors (Lipinski definition) is 8. The number of hydrazine groups is 1. The van der Waals surface area contributed by atoms with Crippen molar-refractivity contribution in [3.05, 3.63) is 0 Å². The van der Waals surface area contributed by atoms with Crippen LogP contribution in [-0.4, -0.2) is 50.7 Å². The van der Waals surface area contributed by atoms with Gasteiger partial charge in [0.2, 0.25) is 0 Å². The first-order valence-electron chi connectivity index (χ1n) is 4.38. The lowest BCUT2D eigenvalue weighted by Crippen LogP contribution is -2.31. The highest BCUT2D eigenvalue weighted by molar-refractivity contribution is 5.37. The second kappa shape index (κ2) is 15.8. The van der Waals surface area contributed by atoms with E-state index in [1.54, 1.807) is 4.90 Å². The van der Waals surface area contributed by atoms with Gasteiger partial charge in [-0.25, -0.2) is 0 Å². The summed E-state index contributed by atoms with van der Waals surface area (Å²) in [5, 5.41) is 8.44. The first-order valence-corrected chi connectivity index (χ1v) is 4.38. The third-order valence-corrected chi connectivity index (χ3v) is 1.48. The van der Waals surface area contributed by atoms with E-state index in [9.17, 15) is 9.59 Å². The minimum Gasteiger partial charge on any atom is -0.467 e. The summed E-state index contributed by atoms with van der Waals surface area (Å²) in [5.41, 5.74) is 0. The summed E-state index contributed by atoms with van der Waals surface area (Å²) in [6, 6.07) is 1.96. The van der Waals surface area contributed by atoms with Gasteiger partial charge in [-0.1, -0.05) is 0 Å². The molecule has 8 nitrogen and oxygen atoms in total. The maximum atomic E-state index is 9.83. The molecule has 0 heterocycles. The lowest BCUT2D eigenvalue weighted by atomic mass is 10.4. The van der Waals surface area contributed by atoms with E-state index in [0.717, 1.165) is 0 Å². The molecule has 0 unspecified atom stereocenters. The van der Waals surface area contributed by atoms with E-state index in [2.05, 4.69) is 21.2 Å². The average Bonchev–Trinajstić information content (AvgIpc) is 2.32. The van der Waals surface area contributed by atoms with Gasteiger partial charge in [0.05, 0.1) is 12.6 Å². The summed E-state index contributed by atoms with van der Waals surface area (Å²) >= 11 is 0. The molecular weight excluding hydrogens is 216 g/mol. The fourth-order valence-electron chi connectivity index (χ4n) is 0.830. The van der Waals surface area contributed by atoms with Gasteiger partial charge in [-0.05, 0) is 0 Å². The normalized spacial score (nSPS) is 8.38. The number of hydrogen-bond donors (Lipinski definition) is 2. The van der Waals surface area contributed by atoms with E-state index in [0.29, 0.717) is 26.0 Å². The van der Waals surface area contributed by atoms with Crippen LogP contribution in [0.3, 0.4) is 0 Å². The van der Waals surface area contributed by atoms with Crippen molar-refractivity contribution in [1.29, 1.82) is 5.26 Å². The molecule has 4 N–H and O–H groups in total.